The van der Waals surface area contributed by atoms with E-state index in [0.717, 1.165) is 0 Å². The minimum atomic E-state index is -0.446. The molecule has 106 valence electrons. The van der Waals surface area contributed by atoms with Gasteiger partial charge in [-0.2, -0.15) is 0 Å². The number of halogens is 1. The van der Waals surface area contributed by atoms with Gasteiger partial charge in [-0.3, -0.25) is 9.59 Å². The Balaban J connectivity index is 2.19. The van der Waals surface area contributed by atoms with E-state index in [0.29, 0.717) is 15.9 Å². The average Bonchev–Trinajstić information content (AvgIpc) is 2.92. The monoisotopic (exact) mass is 346 g/mol. The first-order valence-corrected chi connectivity index (χ1v) is 6.78. The Labute approximate surface area is 129 Å². The predicted octanol–water partition coefficient (Wildman–Crippen LogP) is 2.66. The number of para-hydroxylation sites is 1. The molecule has 2 aromatic rings. The molecule has 1 aromatic carbocycles. The van der Waals surface area contributed by atoms with Crippen molar-refractivity contribution in [1.29, 1.82) is 0 Å². The van der Waals surface area contributed by atoms with Crippen LogP contribution >= 0.6 is 15.9 Å². The largest absolute Gasteiger partial charge is 0.444 e. The van der Waals surface area contributed by atoms with E-state index in [1.54, 1.807) is 30.3 Å². The Hall–Kier alpha value is -2.52. The first-order valence-electron chi connectivity index (χ1n) is 5.99. The maximum Gasteiger partial charge on any atom is 0.291 e. The maximum absolute atomic E-state index is 12.0. The van der Waals surface area contributed by atoms with Crippen LogP contribution in [0.15, 0.2) is 45.5 Å². The molecule has 1 heterocycles. The van der Waals surface area contributed by atoms with Gasteiger partial charge in [-0.15, -0.1) is 6.42 Å². The van der Waals surface area contributed by atoms with Crippen LogP contribution in [-0.4, -0.2) is 18.4 Å². The number of hydrogen-bond donors (Lipinski definition) is 2. The molecule has 2 amide bonds. The summed E-state index contributed by atoms with van der Waals surface area (Å²) in [4.78, 5) is 24.0. The minimum absolute atomic E-state index is 0.117. The molecular formula is C15H11BrN2O3. The van der Waals surface area contributed by atoms with Crippen LogP contribution in [0, 0.1) is 12.3 Å². The van der Waals surface area contributed by atoms with Crippen molar-refractivity contribution < 1.29 is 14.0 Å². The van der Waals surface area contributed by atoms with Crippen LogP contribution in [0.2, 0.25) is 0 Å². The highest BCUT2D eigenvalue weighted by atomic mass is 79.9. The van der Waals surface area contributed by atoms with Gasteiger partial charge in [-0.1, -0.05) is 18.1 Å². The van der Waals surface area contributed by atoms with E-state index in [2.05, 4.69) is 32.5 Å². The third kappa shape index (κ3) is 3.74. The lowest BCUT2D eigenvalue weighted by molar-refractivity contribution is 0.0959. The summed E-state index contributed by atoms with van der Waals surface area (Å²) in [5.74, 6) is 1.65. The Bertz CT molecular complexity index is 716. The zero-order chi connectivity index (χ0) is 15.2. The van der Waals surface area contributed by atoms with Crippen LogP contribution < -0.4 is 10.6 Å². The van der Waals surface area contributed by atoms with Crippen molar-refractivity contribution in [3.05, 3.63) is 52.4 Å². The Morgan fingerprint density at radius 3 is 2.62 bits per heavy atom. The van der Waals surface area contributed by atoms with Crippen LogP contribution in [0.4, 0.5) is 5.69 Å². The molecule has 21 heavy (non-hydrogen) atoms. The SMILES string of the molecule is C#CCNC(=O)c1ccccc1NC(=O)c1ccc(Br)o1. The van der Waals surface area contributed by atoms with Gasteiger partial charge in [0, 0.05) is 0 Å². The second-order valence-corrected chi connectivity index (χ2v) is 4.77. The quantitative estimate of drug-likeness (QED) is 0.836. The molecule has 0 aliphatic heterocycles. The second kappa shape index (κ2) is 6.77. The number of hydrogen-bond acceptors (Lipinski definition) is 3. The van der Waals surface area contributed by atoms with Gasteiger partial charge in [0.25, 0.3) is 11.8 Å². The number of rotatable bonds is 4. The van der Waals surface area contributed by atoms with Crippen molar-refractivity contribution in [2.75, 3.05) is 11.9 Å². The molecule has 2 N–H and O–H groups in total. The zero-order valence-electron chi connectivity index (χ0n) is 10.9. The van der Waals surface area contributed by atoms with Crippen LogP contribution in [0.1, 0.15) is 20.9 Å². The summed E-state index contributed by atoms with van der Waals surface area (Å²) in [5.41, 5.74) is 0.705. The number of carbonyl (C=O) groups excluding carboxylic acids is 2. The molecular weight excluding hydrogens is 336 g/mol. The summed E-state index contributed by atoms with van der Waals surface area (Å²) in [6.45, 7) is 0.117. The number of anilines is 1. The molecule has 0 radical (unpaired) electrons. The number of amides is 2. The fraction of sp³-hybridized carbons (Fsp3) is 0.0667. The highest BCUT2D eigenvalue weighted by molar-refractivity contribution is 9.10. The lowest BCUT2D eigenvalue weighted by atomic mass is 10.1. The molecule has 0 spiro atoms. The number of nitrogens with one attached hydrogen (secondary N) is 2. The number of benzene rings is 1. The summed E-state index contributed by atoms with van der Waals surface area (Å²) in [7, 11) is 0. The van der Waals surface area contributed by atoms with Crippen molar-refractivity contribution in [3.8, 4) is 12.3 Å². The number of carbonyl (C=O) groups is 2. The van der Waals surface area contributed by atoms with Crippen molar-refractivity contribution in [2.45, 2.75) is 0 Å². The highest BCUT2D eigenvalue weighted by Gasteiger charge is 2.15. The molecule has 5 nitrogen and oxygen atoms in total. The van der Waals surface area contributed by atoms with Crippen LogP contribution in [-0.2, 0) is 0 Å². The fourth-order valence-corrected chi connectivity index (χ4v) is 1.94. The summed E-state index contributed by atoms with van der Waals surface area (Å²) in [5, 5.41) is 5.18. The van der Waals surface area contributed by atoms with Crippen LogP contribution in [0.5, 0.6) is 0 Å². The molecule has 1 aromatic heterocycles. The molecule has 0 atom stereocenters. The minimum Gasteiger partial charge on any atom is -0.444 e. The summed E-state index contributed by atoms with van der Waals surface area (Å²) >= 11 is 3.12. The highest BCUT2D eigenvalue weighted by Crippen LogP contribution is 2.18. The van der Waals surface area contributed by atoms with Gasteiger partial charge in [0.1, 0.15) is 0 Å². The molecule has 0 aliphatic rings. The average molecular weight is 347 g/mol. The summed E-state index contributed by atoms with van der Waals surface area (Å²) in [6, 6.07) is 9.77. The predicted molar refractivity (Wildman–Crippen MR) is 82.0 cm³/mol. The van der Waals surface area contributed by atoms with Crippen molar-refractivity contribution in [2.24, 2.45) is 0 Å². The molecule has 0 unspecified atom stereocenters. The molecule has 0 saturated heterocycles. The van der Waals surface area contributed by atoms with E-state index in [1.807, 2.05) is 0 Å². The van der Waals surface area contributed by atoms with E-state index >= 15 is 0 Å². The van der Waals surface area contributed by atoms with E-state index in [9.17, 15) is 9.59 Å². The fourth-order valence-electron chi connectivity index (χ4n) is 1.64. The molecule has 0 bridgehead atoms. The second-order valence-electron chi connectivity index (χ2n) is 3.99. The van der Waals surface area contributed by atoms with E-state index in [-0.39, 0.29) is 18.2 Å². The van der Waals surface area contributed by atoms with Crippen molar-refractivity contribution in [1.82, 2.24) is 5.32 Å². The lowest BCUT2D eigenvalue weighted by Gasteiger charge is -2.09. The molecule has 2 rings (SSSR count). The molecule has 0 saturated carbocycles. The van der Waals surface area contributed by atoms with Gasteiger partial charge in [0.05, 0.1) is 17.8 Å². The number of furan rings is 1. The van der Waals surface area contributed by atoms with Crippen molar-refractivity contribution >= 4 is 33.4 Å². The third-order valence-electron chi connectivity index (χ3n) is 2.57. The van der Waals surface area contributed by atoms with Gasteiger partial charge in [0.2, 0.25) is 0 Å². The van der Waals surface area contributed by atoms with Crippen molar-refractivity contribution in [3.63, 3.8) is 0 Å². The first kappa shape index (κ1) is 14.9. The first-order chi connectivity index (χ1) is 10.1. The zero-order valence-corrected chi connectivity index (χ0v) is 12.4. The van der Waals surface area contributed by atoms with Gasteiger partial charge < -0.3 is 15.1 Å². The lowest BCUT2D eigenvalue weighted by Crippen LogP contribution is -2.25. The molecule has 6 heteroatoms. The smallest absolute Gasteiger partial charge is 0.291 e. The van der Waals surface area contributed by atoms with Crippen LogP contribution in [0.3, 0.4) is 0 Å². The normalized spacial score (nSPS) is 9.71. The molecule has 0 aliphatic carbocycles. The Morgan fingerprint density at radius 1 is 1.19 bits per heavy atom. The maximum atomic E-state index is 12.0. The standard InChI is InChI=1S/C15H11BrN2O3/c1-2-9-17-14(19)10-5-3-4-6-11(10)18-15(20)12-7-8-13(16)21-12/h1,3-8H,9H2,(H,17,19)(H,18,20). The van der Waals surface area contributed by atoms with Gasteiger partial charge in [0.15, 0.2) is 10.4 Å². The topological polar surface area (TPSA) is 71.3 Å². The summed E-state index contributed by atoms with van der Waals surface area (Å²) in [6.07, 6.45) is 5.10. The van der Waals surface area contributed by atoms with E-state index in [4.69, 9.17) is 10.8 Å². The van der Waals surface area contributed by atoms with Gasteiger partial charge in [-0.05, 0) is 40.2 Å². The summed E-state index contributed by atoms with van der Waals surface area (Å²) < 4.78 is 5.61. The van der Waals surface area contributed by atoms with Gasteiger partial charge in [-0.25, -0.2) is 0 Å². The third-order valence-corrected chi connectivity index (χ3v) is 2.99. The van der Waals surface area contributed by atoms with Gasteiger partial charge >= 0.3 is 0 Å². The van der Waals surface area contributed by atoms with E-state index in [1.165, 1.54) is 6.07 Å². The Kier molecular flexibility index (Phi) is 4.80. The molecule has 0 fully saturated rings. The van der Waals surface area contributed by atoms with Crippen LogP contribution in [0.25, 0.3) is 0 Å². The van der Waals surface area contributed by atoms with E-state index < -0.39 is 5.91 Å². The number of terminal acetylenes is 1. The Morgan fingerprint density at radius 2 is 1.95 bits per heavy atom.